The van der Waals surface area contributed by atoms with Crippen LogP contribution in [0.25, 0.3) is 11.0 Å². The van der Waals surface area contributed by atoms with Gasteiger partial charge < -0.3 is 19.5 Å². The highest BCUT2D eigenvalue weighted by atomic mass is 35.5. The Balaban J connectivity index is 1.94. The van der Waals surface area contributed by atoms with Gasteiger partial charge in [-0.1, -0.05) is 11.6 Å². The van der Waals surface area contributed by atoms with Crippen LogP contribution in [-0.2, 0) is 7.05 Å². The molecule has 0 saturated heterocycles. The Morgan fingerprint density at radius 1 is 1.28 bits per heavy atom. The number of ether oxygens (including phenoxy) is 1. The molecule has 0 aliphatic heterocycles. The number of rotatable bonds is 10. The smallest absolute Gasteiger partial charge is 0.180 e. The van der Waals surface area contributed by atoms with Crippen LogP contribution in [0.2, 0.25) is 5.02 Å². The SMILES string of the molecule is CC(C)Oc1cc(F)ccc1Nc1ncnc2c(Cl)c(C(=O)CCCCN(C)C)n(C)c12. The van der Waals surface area contributed by atoms with Crippen molar-refractivity contribution in [3.8, 4) is 5.75 Å². The number of carbonyl (C=O) groups excluding carboxylic acids is 1. The zero-order chi connectivity index (χ0) is 23.4. The second-order valence-corrected chi connectivity index (χ2v) is 8.63. The molecule has 0 fully saturated rings. The lowest BCUT2D eigenvalue weighted by molar-refractivity contribution is 0.0971. The fraction of sp³-hybridized carbons (Fsp3) is 0.435. The molecule has 0 atom stereocenters. The minimum absolute atomic E-state index is 0.0363. The van der Waals surface area contributed by atoms with Gasteiger partial charge in [-0.05, 0) is 59.5 Å². The molecule has 1 N–H and O–H groups in total. The topological polar surface area (TPSA) is 72.3 Å². The van der Waals surface area contributed by atoms with Crippen molar-refractivity contribution in [2.24, 2.45) is 7.05 Å². The first-order valence-electron chi connectivity index (χ1n) is 10.6. The summed E-state index contributed by atoms with van der Waals surface area (Å²) in [7, 11) is 5.79. The molecule has 7 nitrogen and oxygen atoms in total. The molecule has 3 rings (SSSR count). The summed E-state index contributed by atoms with van der Waals surface area (Å²) < 4.78 is 21.2. The number of ketones is 1. The number of unbranched alkanes of at least 4 members (excludes halogenated alkanes) is 1. The molecule has 1 aromatic carbocycles. The lowest BCUT2D eigenvalue weighted by Crippen LogP contribution is -2.13. The second-order valence-electron chi connectivity index (χ2n) is 8.26. The fourth-order valence-corrected chi connectivity index (χ4v) is 3.91. The molecule has 172 valence electrons. The number of nitrogens with one attached hydrogen (secondary N) is 1. The number of Topliss-reactive ketones (excluding diaryl/α,β-unsaturated/α-hetero) is 1. The van der Waals surface area contributed by atoms with E-state index in [1.807, 2.05) is 27.9 Å². The van der Waals surface area contributed by atoms with Crippen LogP contribution in [0.15, 0.2) is 24.5 Å². The molecule has 9 heteroatoms. The largest absolute Gasteiger partial charge is 0.489 e. The highest BCUT2D eigenvalue weighted by molar-refractivity contribution is 6.38. The van der Waals surface area contributed by atoms with E-state index in [0.29, 0.717) is 45.4 Å². The van der Waals surface area contributed by atoms with Crippen molar-refractivity contribution in [2.75, 3.05) is 26.0 Å². The molecule has 32 heavy (non-hydrogen) atoms. The Morgan fingerprint density at radius 2 is 2.03 bits per heavy atom. The van der Waals surface area contributed by atoms with Gasteiger partial charge in [0, 0.05) is 19.5 Å². The number of nitrogens with zero attached hydrogens (tertiary/aromatic N) is 4. The van der Waals surface area contributed by atoms with E-state index in [0.717, 1.165) is 19.4 Å². The highest BCUT2D eigenvalue weighted by Crippen LogP contribution is 2.36. The quantitative estimate of drug-likeness (QED) is 0.330. The number of aryl methyl sites for hydroxylation is 1. The molecule has 0 bridgehead atoms. The van der Waals surface area contributed by atoms with E-state index in [1.54, 1.807) is 17.7 Å². The third-order valence-corrected chi connectivity index (χ3v) is 5.35. The zero-order valence-electron chi connectivity index (χ0n) is 19.1. The molecule has 3 aromatic rings. The Kier molecular flexibility index (Phi) is 7.69. The van der Waals surface area contributed by atoms with E-state index in [4.69, 9.17) is 16.3 Å². The Labute approximate surface area is 192 Å². The van der Waals surface area contributed by atoms with Crippen LogP contribution in [0.3, 0.4) is 0 Å². The normalized spacial score (nSPS) is 11.5. The van der Waals surface area contributed by atoms with Crippen LogP contribution in [0.1, 0.15) is 43.6 Å². The van der Waals surface area contributed by atoms with Gasteiger partial charge in [-0.2, -0.15) is 0 Å². The molecular weight excluding hydrogens is 433 g/mol. The number of aromatic nitrogens is 3. The number of anilines is 2. The number of carbonyl (C=O) groups is 1. The maximum Gasteiger partial charge on any atom is 0.180 e. The third-order valence-electron chi connectivity index (χ3n) is 4.99. The first-order valence-corrected chi connectivity index (χ1v) is 11.0. The van der Waals surface area contributed by atoms with Gasteiger partial charge in [-0.15, -0.1) is 0 Å². The lowest BCUT2D eigenvalue weighted by Gasteiger charge is -2.16. The van der Waals surface area contributed by atoms with E-state index < -0.39 is 5.82 Å². The van der Waals surface area contributed by atoms with Crippen LogP contribution >= 0.6 is 11.6 Å². The summed E-state index contributed by atoms with van der Waals surface area (Å²) >= 11 is 6.57. The van der Waals surface area contributed by atoms with Crippen molar-refractivity contribution in [2.45, 2.75) is 39.2 Å². The van der Waals surface area contributed by atoms with Gasteiger partial charge in [0.1, 0.15) is 34.6 Å². The maximum atomic E-state index is 13.8. The van der Waals surface area contributed by atoms with Crippen molar-refractivity contribution >= 4 is 39.9 Å². The number of halogens is 2. The zero-order valence-corrected chi connectivity index (χ0v) is 19.8. The van der Waals surface area contributed by atoms with Gasteiger partial charge in [0.2, 0.25) is 0 Å². The average molecular weight is 462 g/mol. The minimum atomic E-state index is -0.400. The molecular formula is C23H29ClFN5O2. The Bertz CT molecular complexity index is 1110. The molecule has 0 saturated carbocycles. The predicted molar refractivity (Wildman–Crippen MR) is 126 cm³/mol. The number of hydrogen-bond donors (Lipinski definition) is 1. The highest BCUT2D eigenvalue weighted by Gasteiger charge is 2.23. The van der Waals surface area contributed by atoms with E-state index >= 15 is 0 Å². The van der Waals surface area contributed by atoms with Crippen molar-refractivity contribution in [3.05, 3.63) is 41.1 Å². The summed E-state index contributed by atoms with van der Waals surface area (Å²) in [6, 6.07) is 4.25. The Hall–Kier alpha value is -2.71. The van der Waals surface area contributed by atoms with Crippen molar-refractivity contribution in [1.82, 2.24) is 19.4 Å². The molecule has 0 spiro atoms. The van der Waals surface area contributed by atoms with E-state index in [-0.39, 0.29) is 11.9 Å². The van der Waals surface area contributed by atoms with E-state index in [2.05, 4.69) is 20.2 Å². The summed E-state index contributed by atoms with van der Waals surface area (Å²) in [5.41, 5.74) is 2.03. The van der Waals surface area contributed by atoms with Crippen LogP contribution in [-0.4, -0.2) is 52.0 Å². The van der Waals surface area contributed by atoms with Gasteiger partial charge in [0.25, 0.3) is 0 Å². The summed E-state index contributed by atoms with van der Waals surface area (Å²) in [4.78, 5) is 23.7. The average Bonchev–Trinajstić information content (AvgIpc) is 2.98. The Morgan fingerprint density at radius 3 is 2.72 bits per heavy atom. The summed E-state index contributed by atoms with van der Waals surface area (Å²) in [6.45, 7) is 4.66. The fourth-order valence-electron chi connectivity index (χ4n) is 3.54. The molecule has 0 radical (unpaired) electrons. The summed E-state index contributed by atoms with van der Waals surface area (Å²) in [5.74, 6) is 0.379. The number of benzene rings is 1. The molecule has 2 heterocycles. The monoisotopic (exact) mass is 461 g/mol. The van der Waals surface area contributed by atoms with Crippen LogP contribution in [0.5, 0.6) is 5.75 Å². The van der Waals surface area contributed by atoms with Crippen LogP contribution in [0.4, 0.5) is 15.9 Å². The van der Waals surface area contributed by atoms with Gasteiger partial charge >= 0.3 is 0 Å². The van der Waals surface area contributed by atoms with Crippen molar-refractivity contribution in [1.29, 1.82) is 0 Å². The summed E-state index contributed by atoms with van der Waals surface area (Å²) in [5, 5.41) is 3.50. The third kappa shape index (κ3) is 5.37. The predicted octanol–water partition coefficient (Wildman–Crippen LogP) is 5.21. The molecule has 0 unspecified atom stereocenters. The maximum absolute atomic E-state index is 13.8. The first-order chi connectivity index (χ1) is 15.2. The number of fused-ring (bicyclic) bond motifs is 1. The molecule has 2 aromatic heterocycles. The number of hydrogen-bond acceptors (Lipinski definition) is 6. The van der Waals surface area contributed by atoms with Gasteiger partial charge in [0.05, 0.1) is 16.8 Å². The van der Waals surface area contributed by atoms with Gasteiger partial charge in [-0.3, -0.25) is 4.79 Å². The van der Waals surface area contributed by atoms with Crippen molar-refractivity contribution < 1.29 is 13.9 Å². The summed E-state index contributed by atoms with van der Waals surface area (Å²) in [6.07, 6.45) is 3.35. The van der Waals surface area contributed by atoms with E-state index in [1.165, 1.54) is 18.5 Å². The van der Waals surface area contributed by atoms with Gasteiger partial charge in [-0.25, -0.2) is 14.4 Å². The standard InChI is InChI=1S/C23H29ClFN5O2/c1-14(2)32-18-12-15(25)9-10-16(18)28-23-22-20(26-13-27-23)19(24)21(30(22)5)17(31)8-6-7-11-29(3)4/h9-10,12-14H,6-8,11H2,1-5H3,(H,26,27,28). The van der Waals surface area contributed by atoms with Crippen LogP contribution < -0.4 is 10.1 Å². The molecule has 0 amide bonds. The molecule has 0 aliphatic rings. The van der Waals surface area contributed by atoms with Crippen LogP contribution in [0, 0.1) is 5.82 Å². The second kappa shape index (κ2) is 10.3. The first kappa shape index (κ1) is 23.9. The lowest BCUT2D eigenvalue weighted by atomic mass is 10.1. The van der Waals surface area contributed by atoms with Crippen molar-refractivity contribution in [3.63, 3.8) is 0 Å². The van der Waals surface area contributed by atoms with Gasteiger partial charge in [0.15, 0.2) is 11.6 Å². The van der Waals surface area contributed by atoms with E-state index in [9.17, 15) is 9.18 Å². The molecule has 0 aliphatic carbocycles. The minimum Gasteiger partial charge on any atom is -0.489 e.